The number of carboxylic acid groups (broad SMARTS) is 1. The van der Waals surface area contributed by atoms with Crippen LogP contribution in [0.25, 0.3) is 0 Å². The highest BCUT2D eigenvalue weighted by atomic mass is 16.4. The lowest BCUT2D eigenvalue weighted by Crippen LogP contribution is -2.41. The lowest BCUT2D eigenvalue weighted by molar-refractivity contribution is -0.141. The van der Waals surface area contributed by atoms with Gasteiger partial charge < -0.3 is 14.9 Å². The SMILES string of the molecule is CC(C)CCN(CCN1CCCCC1)CC(C)C(=O)O. The van der Waals surface area contributed by atoms with Gasteiger partial charge in [-0.2, -0.15) is 0 Å². The first-order chi connectivity index (χ1) is 9.49. The van der Waals surface area contributed by atoms with E-state index < -0.39 is 5.97 Å². The molecule has 1 unspecified atom stereocenters. The number of nitrogens with zero attached hydrogens (tertiary/aromatic N) is 2. The molecule has 1 fully saturated rings. The maximum Gasteiger partial charge on any atom is 0.307 e. The quantitative estimate of drug-likeness (QED) is 0.706. The van der Waals surface area contributed by atoms with Crippen LogP contribution in [0, 0.1) is 11.8 Å². The van der Waals surface area contributed by atoms with Gasteiger partial charge in [0.1, 0.15) is 0 Å². The van der Waals surface area contributed by atoms with Crippen LogP contribution in [0.4, 0.5) is 0 Å². The topological polar surface area (TPSA) is 43.8 Å². The summed E-state index contributed by atoms with van der Waals surface area (Å²) in [4.78, 5) is 15.9. The highest BCUT2D eigenvalue weighted by Crippen LogP contribution is 2.10. The van der Waals surface area contributed by atoms with Gasteiger partial charge in [-0.3, -0.25) is 4.79 Å². The molecule has 1 aliphatic rings. The van der Waals surface area contributed by atoms with E-state index in [1.807, 2.05) is 6.92 Å². The first-order valence-electron chi connectivity index (χ1n) is 8.16. The maximum atomic E-state index is 11.0. The Labute approximate surface area is 124 Å². The van der Waals surface area contributed by atoms with Crippen LogP contribution < -0.4 is 0 Å². The highest BCUT2D eigenvalue weighted by Gasteiger charge is 2.18. The van der Waals surface area contributed by atoms with E-state index in [9.17, 15) is 4.79 Å². The van der Waals surface area contributed by atoms with Gasteiger partial charge in [-0.05, 0) is 44.8 Å². The molecule has 0 amide bonds. The Bertz CT molecular complexity index is 276. The van der Waals surface area contributed by atoms with Crippen molar-refractivity contribution in [2.75, 3.05) is 39.3 Å². The molecule has 0 aromatic heterocycles. The second kappa shape index (κ2) is 9.35. The van der Waals surface area contributed by atoms with Crippen molar-refractivity contribution in [3.8, 4) is 0 Å². The van der Waals surface area contributed by atoms with Gasteiger partial charge >= 0.3 is 5.97 Å². The molecule has 4 heteroatoms. The Hall–Kier alpha value is -0.610. The number of likely N-dealkylation sites (tertiary alicyclic amines) is 1. The highest BCUT2D eigenvalue weighted by molar-refractivity contribution is 5.69. The van der Waals surface area contributed by atoms with Crippen LogP contribution in [-0.2, 0) is 4.79 Å². The van der Waals surface area contributed by atoms with Crippen molar-refractivity contribution in [3.63, 3.8) is 0 Å². The second-order valence-electron chi connectivity index (χ2n) is 6.62. The van der Waals surface area contributed by atoms with Crippen molar-refractivity contribution in [1.82, 2.24) is 9.80 Å². The summed E-state index contributed by atoms with van der Waals surface area (Å²) >= 11 is 0. The summed E-state index contributed by atoms with van der Waals surface area (Å²) in [5.74, 6) is -0.284. The van der Waals surface area contributed by atoms with Gasteiger partial charge in [-0.1, -0.05) is 27.2 Å². The lowest BCUT2D eigenvalue weighted by atomic mass is 10.1. The van der Waals surface area contributed by atoms with Crippen LogP contribution in [0.2, 0.25) is 0 Å². The van der Waals surface area contributed by atoms with E-state index in [1.165, 1.54) is 32.4 Å². The summed E-state index contributed by atoms with van der Waals surface area (Å²) in [5.41, 5.74) is 0. The predicted molar refractivity (Wildman–Crippen MR) is 83.0 cm³/mol. The average Bonchev–Trinajstić information content (AvgIpc) is 2.42. The molecule has 0 saturated carbocycles. The number of aliphatic carboxylic acids is 1. The predicted octanol–water partition coefficient (Wildman–Crippen LogP) is 2.54. The van der Waals surface area contributed by atoms with E-state index in [0.717, 1.165) is 26.1 Å². The Morgan fingerprint density at radius 3 is 2.35 bits per heavy atom. The second-order valence-corrected chi connectivity index (χ2v) is 6.62. The van der Waals surface area contributed by atoms with Crippen LogP contribution in [0.1, 0.15) is 46.5 Å². The molecular formula is C16H32N2O2. The smallest absolute Gasteiger partial charge is 0.307 e. The van der Waals surface area contributed by atoms with Gasteiger partial charge in [0.2, 0.25) is 0 Å². The maximum absolute atomic E-state index is 11.0. The first-order valence-corrected chi connectivity index (χ1v) is 8.16. The Morgan fingerprint density at radius 2 is 1.80 bits per heavy atom. The van der Waals surface area contributed by atoms with Crippen molar-refractivity contribution in [1.29, 1.82) is 0 Å². The molecule has 1 atom stereocenters. The van der Waals surface area contributed by atoms with E-state index >= 15 is 0 Å². The fraction of sp³-hybridized carbons (Fsp3) is 0.938. The minimum absolute atomic E-state index is 0.275. The lowest BCUT2D eigenvalue weighted by Gasteiger charge is -2.31. The van der Waals surface area contributed by atoms with Crippen LogP contribution in [-0.4, -0.2) is 60.1 Å². The summed E-state index contributed by atoms with van der Waals surface area (Å²) < 4.78 is 0. The van der Waals surface area contributed by atoms with E-state index in [1.54, 1.807) is 0 Å². The van der Waals surface area contributed by atoms with Crippen molar-refractivity contribution in [3.05, 3.63) is 0 Å². The van der Waals surface area contributed by atoms with Crippen molar-refractivity contribution in [2.24, 2.45) is 11.8 Å². The van der Waals surface area contributed by atoms with Crippen molar-refractivity contribution in [2.45, 2.75) is 46.5 Å². The molecule has 20 heavy (non-hydrogen) atoms. The first kappa shape index (κ1) is 17.4. The van der Waals surface area contributed by atoms with Gasteiger partial charge in [0.15, 0.2) is 0 Å². The largest absolute Gasteiger partial charge is 0.481 e. The van der Waals surface area contributed by atoms with Crippen LogP contribution in [0.3, 0.4) is 0 Å². The Balaban J connectivity index is 2.37. The Kier molecular flexibility index (Phi) is 8.15. The third-order valence-electron chi connectivity index (χ3n) is 4.16. The molecule has 1 heterocycles. The molecule has 0 bridgehead atoms. The monoisotopic (exact) mass is 284 g/mol. The molecule has 1 rings (SSSR count). The third-order valence-corrected chi connectivity index (χ3v) is 4.16. The van der Waals surface area contributed by atoms with Crippen LogP contribution in [0.5, 0.6) is 0 Å². The number of carboxylic acids is 1. The molecule has 0 aromatic rings. The van der Waals surface area contributed by atoms with E-state index in [2.05, 4.69) is 23.6 Å². The minimum atomic E-state index is -0.683. The molecule has 0 aromatic carbocycles. The number of hydrogen-bond acceptors (Lipinski definition) is 3. The summed E-state index contributed by atoms with van der Waals surface area (Å²) in [6, 6.07) is 0. The van der Waals surface area contributed by atoms with Crippen LogP contribution in [0.15, 0.2) is 0 Å². The zero-order chi connectivity index (χ0) is 15.0. The van der Waals surface area contributed by atoms with Crippen LogP contribution >= 0.6 is 0 Å². The Morgan fingerprint density at radius 1 is 1.15 bits per heavy atom. The van der Waals surface area contributed by atoms with Gasteiger partial charge in [0.25, 0.3) is 0 Å². The zero-order valence-corrected chi connectivity index (χ0v) is 13.5. The van der Waals surface area contributed by atoms with Crippen molar-refractivity contribution < 1.29 is 9.90 Å². The molecule has 4 nitrogen and oxygen atoms in total. The molecule has 0 radical (unpaired) electrons. The number of rotatable bonds is 9. The summed E-state index contributed by atoms with van der Waals surface area (Å²) in [5, 5.41) is 9.09. The number of carbonyl (C=O) groups is 1. The van der Waals surface area contributed by atoms with Crippen molar-refractivity contribution >= 4 is 5.97 Å². The fourth-order valence-corrected chi connectivity index (χ4v) is 2.67. The third kappa shape index (κ3) is 7.25. The summed E-state index contributed by atoms with van der Waals surface area (Å²) in [6.07, 6.45) is 5.14. The number of hydrogen-bond donors (Lipinski definition) is 1. The van der Waals surface area contributed by atoms with Gasteiger partial charge in [-0.25, -0.2) is 0 Å². The fourth-order valence-electron chi connectivity index (χ4n) is 2.67. The molecule has 1 aliphatic heterocycles. The summed E-state index contributed by atoms with van der Waals surface area (Å²) in [7, 11) is 0. The average molecular weight is 284 g/mol. The minimum Gasteiger partial charge on any atom is -0.481 e. The van der Waals surface area contributed by atoms with Gasteiger partial charge in [0.05, 0.1) is 5.92 Å². The molecular weight excluding hydrogens is 252 g/mol. The van der Waals surface area contributed by atoms with Gasteiger partial charge in [-0.15, -0.1) is 0 Å². The van der Waals surface area contributed by atoms with E-state index in [0.29, 0.717) is 12.5 Å². The molecule has 1 saturated heterocycles. The molecule has 118 valence electrons. The molecule has 1 N–H and O–H groups in total. The normalized spacial score (nSPS) is 18.6. The standard InChI is InChI=1S/C16H32N2O2/c1-14(2)7-10-18(13-15(3)16(19)20)12-11-17-8-5-4-6-9-17/h14-15H,4-13H2,1-3H3,(H,19,20). The van der Waals surface area contributed by atoms with E-state index in [-0.39, 0.29) is 5.92 Å². The van der Waals surface area contributed by atoms with E-state index in [4.69, 9.17) is 5.11 Å². The summed E-state index contributed by atoms with van der Waals surface area (Å²) in [6.45, 7) is 12.5. The molecule has 0 spiro atoms. The zero-order valence-electron chi connectivity index (χ0n) is 13.5. The number of piperidine rings is 1. The molecule has 0 aliphatic carbocycles. The van der Waals surface area contributed by atoms with Gasteiger partial charge in [0, 0.05) is 19.6 Å².